The Morgan fingerprint density at radius 2 is 1.82 bits per heavy atom. The Balaban J connectivity index is 1.70. The lowest BCUT2D eigenvalue weighted by Crippen LogP contribution is -2.63. The number of aliphatic hydroxyl groups is 1. The summed E-state index contributed by atoms with van der Waals surface area (Å²) >= 11 is 0. The Bertz CT molecular complexity index is 709. The standard InChI is InChI=1S/C17H26F2O8S/c1-3-25-10(2)27-13-11-4-15(5-12(13)7-16(21,6-11)8-15)9-26-14(20)17(18,19)28(22,23)24/h10-13,21H,3-9H2,1-2H3,(H,22,23,24). The van der Waals surface area contributed by atoms with Crippen molar-refractivity contribution in [2.45, 2.75) is 69.2 Å². The van der Waals surface area contributed by atoms with Crippen LogP contribution in [-0.2, 0) is 29.1 Å². The first-order valence-electron chi connectivity index (χ1n) is 9.32. The third kappa shape index (κ3) is 3.91. The van der Waals surface area contributed by atoms with E-state index in [9.17, 15) is 27.1 Å². The van der Waals surface area contributed by atoms with Gasteiger partial charge >= 0.3 is 21.3 Å². The van der Waals surface area contributed by atoms with Gasteiger partial charge in [0.2, 0.25) is 0 Å². The first-order chi connectivity index (χ1) is 12.8. The van der Waals surface area contributed by atoms with Crippen molar-refractivity contribution in [3.8, 4) is 0 Å². The minimum Gasteiger partial charge on any atom is -0.460 e. The van der Waals surface area contributed by atoms with Crippen molar-refractivity contribution < 1.29 is 45.9 Å². The Kier molecular flexibility index (Phi) is 5.55. The summed E-state index contributed by atoms with van der Waals surface area (Å²) in [6.07, 6.45) is 1.73. The molecule has 4 saturated carbocycles. The highest BCUT2D eigenvalue weighted by Gasteiger charge is 2.62. The summed E-state index contributed by atoms with van der Waals surface area (Å²) in [5.74, 6) is -2.40. The van der Waals surface area contributed by atoms with Gasteiger partial charge < -0.3 is 19.3 Å². The number of rotatable bonds is 8. The fourth-order valence-corrected chi connectivity index (χ4v) is 5.80. The minimum absolute atomic E-state index is 0.0463. The van der Waals surface area contributed by atoms with Crippen LogP contribution in [0.25, 0.3) is 0 Å². The zero-order valence-electron chi connectivity index (χ0n) is 15.8. The van der Waals surface area contributed by atoms with Gasteiger partial charge in [0.15, 0.2) is 6.29 Å². The number of hydrogen-bond acceptors (Lipinski definition) is 7. The van der Waals surface area contributed by atoms with Gasteiger partial charge in [-0.2, -0.15) is 17.2 Å². The predicted octanol–water partition coefficient (Wildman–Crippen LogP) is 1.72. The third-order valence-corrected chi connectivity index (χ3v) is 6.94. The van der Waals surface area contributed by atoms with Gasteiger partial charge in [0.25, 0.3) is 0 Å². The Morgan fingerprint density at radius 1 is 1.25 bits per heavy atom. The SMILES string of the molecule is CCOC(C)OC1C2CC3(O)CC1CC(COC(=O)C(F)(F)S(=O)(=O)O)(C2)C3. The summed E-state index contributed by atoms with van der Waals surface area (Å²) in [4.78, 5) is 11.6. The molecule has 4 aliphatic carbocycles. The molecule has 28 heavy (non-hydrogen) atoms. The van der Waals surface area contributed by atoms with E-state index in [1.807, 2.05) is 6.92 Å². The van der Waals surface area contributed by atoms with Gasteiger partial charge in [0.1, 0.15) is 0 Å². The summed E-state index contributed by atoms with van der Waals surface area (Å²) < 4.78 is 72.9. The van der Waals surface area contributed by atoms with E-state index in [1.165, 1.54) is 0 Å². The summed E-state index contributed by atoms with van der Waals surface area (Å²) in [5, 5.41) is 5.84. The highest BCUT2D eigenvalue weighted by atomic mass is 32.2. The van der Waals surface area contributed by atoms with Crippen LogP contribution >= 0.6 is 0 Å². The largest absolute Gasteiger partial charge is 0.465 e. The number of ether oxygens (including phenoxy) is 3. The molecule has 4 rings (SSSR count). The highest BCUT2D eigenvalue weighted by Crippen LogP contribution is 2.62. The normalized spacial score (nSPS) is 38.4. The van der Waals surface area contributed by atoms with E-state index in [2.05, 4.69) is 4.74 Å². The highest BCUT2D eigenvalue weighted by molar-refractivity contribution is 7.87. The maximum absolute atomic E-state index is 13.4. The van der Waals surface area contributed by atoms with Crippen molar-refractivity contribution in [2.24, 2.45) is 17.3 Å². The molecule has 0 spiro atoms. The van der Waals surface area contributed by atoms with Gasteiger partial charge in [0.05, 0.1) is 18.3 Å². The molecular weight excluding hydrogens is 402 g/mol. The van der Waals surface area contributed by atoms with E-state index in [-0.39, 0.29) is 24.4 Å². The molecule has 0 aromatic heterocycles. The van der Waals surface area contributed by atoms with Crippen LogP contribution in [0.4, 0.5) is 8.78 Å². The van der Waals surface area contributed by atoms with E-state index >= 15 is 0 Å². The molecule has 4 fully saturated rings. The molecule has 3 atom stereocenters. The van der Waals surface area contributed by atoms with Crippen molar-refractivity contribution in [2.75, 3.05) is 13.2 Å². The molecule has 3 unspecified atom stereocenters. The molecule has 0 amide bonds. The monoisotopic (exact) mass is 428 g/mol. The van der Waals surface area contributed by atoms with Crippen molar-refractivity contribution in [1.29, 1.82) is 0 Å². The molecule has 0 saturated heterocycles. The van der Waals surface area contributed by atoms with Gasteiger partial charge in [-0.25, -0.2) is 4.79 Å². The van der Waals surface area contributed by atoms with E-state index in [4.69, 9.17) is 14.0 Å². The number of carbonyl (C=O) groups is 1. The van der Waals surface area contributed by atoms with E-state index < -0.39 is 45.3 Å². The zero-order chi connectivity index (χ0) is 21.0. The van der Waals surface area contributed by atoms with Crippen LogP contribution < -0.4 is 0 Å². The molecule has 0 aromatic rings. The quantitative estimate of drug-likeness (QED) is 0.341. The van der Waals surface area contributed by atoms with E-state index in [1.54, 1.807) is 6.92 Å². The molecule has 0 aromatic carbocycles. The average Bonchev–Trinajstić information content (AvgIpc) is 2.54. The van der Waals surface area contributed by atoms with Crippen LogP contribution in [0.5, 0.6) is 0 Å². The number of halogens is 2. The molecule has 162 valence electrons. The lowest BCUT2D eigenvalue weighted by Gasteiger charge is -2.62. The molecule has 4 bridgehead atoms. The van der Waals surface area contributed by atoms with Gasteiger partial charge in [-0.3, -0.25) is 4.55 Å². The molecule has 11 heteroatoms. The molecule has 0 aliphatic heterocycles. The second kappa shape index (κ2) is 7.12. The van der Waals surface area contributed by atoms with Crippen molar-refractivity contribution in [3.05, 3.63) is 0 Å². The van der Waals surface area contributed by atoms with Crippen LogP contribution in [0.2, 0.25) is 0 Å². The van der Waals surface area contributed by atoms with Crippen LogP contribution in [0.3, 0.4) is 0 Å². The maximum Gasteiger partial charge on any atom is 0.465 e. The molecular formula is C17H26F2O8S. The van der Waals surface area contributed by atoms with Gasteiger partial charge in [-0.05, 0) is 57.8 Å². The topological polar surface area (TPSA) is 119 Å². The Labute approximate surface area is 162 Å². The molecule has 0 radical (unpaired) electrons. The average molecular weight is 428 g/mol. The van der Waals surface area contributed by atoms with E-state index in [0.717, 1.165) is 0 Å². The second-order valence-electron chi connectivity index (χ2n) is 8.43. The minimum atomic E-state index is -5.91. The first kappa shape index (κ1) is 21.8. The third-order valence-electron chi connectivity index (χ3n) is 6.13. The molecule has 0 heterocycles. The van der Waals surface area contributed by atoms with Gasteiger partial charge in [-0.1, -0.05) is 0 Å². The summed E-state index contributed by atoms with van der Waals surface area (Å²) in [6.45, 7) is 3.69. The first-order valence-corrected chi connectivity index (χ1v) is 10.8. The molecule has 8 nitrogen and oxygen atoms in total. The number of esters is 1. The van der Waals surface area contributed by atoms with Gasteiger partial charge in [-0.15, -0.1) is 0 Å². The van der Waals surface area contributed by atoms with E-state index in [0.29, 0.717) is 32.3 Å². The van der Waals surface area contributed by atoms with Crippen LogP contribution in [-0.4, -0.2) is 60.5 Å². The maximum atomic E-state index is 13.4. The number of carbonyl (C=O) groups excluding carboxylic acids is 1. The molecule has 4 aliphatic rings. The van der Waals surface area contributed by atoms with Crippen molar-refractivity contribution in [3.63, 3.8) is 0 Å². The molecule has 2 N–H and O–H groups in total. The fourth-order valence-electron chi connectivity index (χ4n) is 5.53. The van der Waals surface area contributed by atoms with Crippen LogP contribution in [0.1, 0.15) is 46.0 Å². The van der Waals surface area contributed by atoms with Crippen molar-refractivity contribution in [1.82, 2.24) is 0 Å². The zero-order valence-corrected chi connectivity index (χ0v) is 16.6. The Hall–Kier alpha value is -0.880. The lowest BCUT2D eigenvalue weighted by molar-refractivity contribution is -0.266. The van der Waals surface area contributed by atoms with Crippen LogP contribution in [0, 0.1) is 17.3 Å². The number of hydrogen-bond donors (Lipinski definition) is 2. The predicted molar refractivity (Wildman–Crippen MR) is 90.9 cm³/mol. The summed E-state index contributed by atoms with van der Waals surface area (Å²) in [7, 11) is -5.91. The fraction of sp³-hybridized carbons (Fsp3) is 0.941. The summed E-state index contributed by atoms with van der Waals surface area (Å²) in [6, 6.07) is 0. The summed E-state index contributed by atoms with van der Waals surface area (Å²) in [5.41, 5.74) is -1.71. The van der Waals surface area contributed by atoms with Crippen molar-refractivity contribution >= 4 is 16.1 Å². The second-order valence-corrected chi connectivity index (χ2v) is 9.89. The van der Waals surface area contributed by atoms with Gasteiger partial charge in [0, 0.05) is 12.0 Å². The Morgan fingerprint density at radius 3 is 2.32 bits per heavy atom. The smallest absolute Gasteiger partial charge is 0.460 e. The lowest BCUT2D eigenvalue weighted by atomic mass is 9.47. The number of alkyl halides is 2. The van der Waals surface area contributed by atoms with Crippen LogP contribution in [0.15, 0.2) is 0 Å².